The Morgan fingerprint density at radius 3 is 2.36 bits per heavy atom. The summed E-state index contributed by atoms with van der Waals surface area (Å²) in [6.45, 7) is 1.08. The number of rotatable bonds is 8. The standard InChI is InChI=1S/C23H25N5O5/c1-23(17-10-8-15(9-11-17)13-25-24)21(32)28(22(33)27(23)2)14-19(29)26-18(12-20(30)31)16-6-4-3-5-7-16/h3-11,13,18H,12,14,24H2,1-2H3,(H,26,29)(H,30,31). The Hall–Kier alpha value is -4.21. The minimum absolute atomic E-state index is 0.340. The Kier molecular flexibility index (Phi) is 6.76. The molecule has 0 aromatic heterocycles. The molecule has 1 aliphatic heterocycles. The molecule has 0 bridgehead atoms. The maximum absolute atomic E-state index is 13.3. The summed E-state index contributed by atoms with van der Waals surface area (Å²) in [5.41, 5.74) is 0.588. The first kappa shape index (κ1) is 23.5. The van der Waals surface area contributed by atoms with Gasteiger partial charge in [-0.2, -0.15) is 5.10 Å². The van der Waals surface area contributed by atoms with Crippen molar-refractivity contribution in [2.75, 3.05) is 13.6 Å². The number of benzene rings is 2. The fourth-order valence-electron chi connectivity index (χ4n) is 3.80. The molecule has 33 heavy (non-hydrogen) atoms. The van der Waals surface area contributed by atoms with Crippen LogP contribution in [-0.4, -0.2) is 58.5 Å². The number of aliphatic carboxylic acids is 1. The van der Waals surface area contributed by atoms with Crippen molar-refractivity contribution in [3.8, 4) is 0 Å². The van der Waals surface area contributed by atoms with Crippen LogP contribution in [0.1, 0.15) is 36.1 Å². The Balaban J connectivity index is 1.79. The van der Waals surface area contributed by atoms with Crippen molar-refractivity contribution in [3.05, 3.63) is 71.3 Å². The van der Waals surface area contributed by atoms with E-state index >= 15 is 0 Å². The van der Waals surface area contributed by atoms with Crippen LogP contribution in [0.15, 0.2) is 59.7 Å². The first-order valence-electron chi connectivity index (χ1n) is 10.2. The fourth-order valence-corrected chi connectivity index (χ4v) is 3.80. The second-order valence-electron chi connectivity index (χ2n) is 7.83. The van der Waals surface area contributed by atoms with Crippen molar-refractivity contribution < 1.29 is 24.3 Å². The Labute approximate surface area is 190 Å². The lowest BCUT2D eigenvalue weighted by Crippen LogP contribution is -2.44. The maximum Gasteiger partial charge on any atom is 0.328 e. The fraction of sp³-hybridized carbons (Fsp3) is 0.261. The number of imide groups is 1. The van der Waals surface area contributed by atoms with Gasteiger partial charge in [0.1, 0.15) is 12.1 Å². The number of hydrogen-bond acceptors (Lipinski definition) is 6. The van der Waals surface area contributed by atoms with Crippen molar-refractivity contribution in [3.63, 3.8) is 0 Å². The van der Waals surface area contributed by atoms with E-state index in [4.69, 9.17) is 5.84 Å². The average molecular weight is 451 g/mol. The van der Waals surface area contributed by atoms with E-state index in [1.54, 1.807) is 61.5 Å². The Bertz CT molecular complexity index is 1090. The predicted molar refractivity (Wildman–Crippen MR) is 120 cm³/mol. The van der Waals surface area contributed by atoms with E-state index in [9.17, 15) is 24.3 Å². The lowest BCUT2D eigenvalue weighted by molar-refractivity contribution is -0.139. The maximum atomic E-state index is 13.3. The van der Waals surface area contributed by atoms with Crippen LogP contribution in [0.3, 0.4) is 0 Å². The SMILES string of the molecule is CN1C(=O)N(CC(=O)NC(CC(=O)O)c2ccccc2)C(=O)C1(C)c1ccc(C=NN)cc1. The first-order valence-corrected chi connectivity index (χ1v) is 10.2. The van der Waals surface area contributed by atoms with Gasteiger partial charge in [0.2, 0.25) is 5.91 Å². The molecule has 1 heterocycles. The summed E-state index contributed by atoms with van der Waals surface area (Å²) in [5, 5.41) is 15.3. The Morgan fingerprint density at radius 2 is 1.79 bits per heavy atom. The molecule has 172 valence electrons. The normalized spacial score (nSPS) is 19.2. The van der Waals surface area contributed by atoms with Gasteiger partial charge in [0.15, 0.2) is 0 Å². The van der Waals surface area contributed by atoms with Crippen LogP contribution in [-0.2, 0) is 19.9 Å². The van der Waals surface area contributed by atoms with Crippen molar-refractivity contribution in [2.45, 2.75) is 24.9 Å². The molecule has 4 amide bonds. The van der Waals surface area contributed by atoms with E-state index in [0.717, 1.165) is 10.5 Å². The number of nitrogens with one attached hydrogen (secondary N) is 1. The van der Waals surface area contributed by atoms with Gasteiger partial charge < -0.3 is 21.2 Å². The third kappa shape index (κ3) is 4.69. The van der Waals surface area contributed by atoms with Gasteiger partial charge in [0, 0.05) is 7.05 Å². The van der Waals surface area contributed by atoms with E-state index in [0.29, 0.717) is 11.1 Å². The van der Waals surface area contributed by atoms with Crippen LogP contribution >= 0.6 is 0 Å². The van der Waals surface area contributed by atoms with Crippen molar-refractivity contribution in [2.24, 2.45) is 10.9 Å². The van der Waals surface area contributed by atoms with Gasteiger partial charge >= 0.3 is 12.0 Å². The molecule has 0 aliphatic carbocycles. The molecule has 0 spiro atoms. The number of nitrogens with two attached hydrogens (primary N) is 1. The third-order valence-electron chi connectivity index (χ3n) is 5.76. The average Bonchev–Trinajstić information content (AvgIpc) is 2.96. The quantitative estimate of drug-likeness (QED) is 0.239. The van der Waals surface area contributed by atoms with Crippen LogP contribution in [0.5, 0.6) is 0 Å². The smallest absolute Gasteiger partial charge is 0.328 e. The molecule has 2 aromatic rings. The van der Waals surface area contributed by atoms with Gasteiger partial charge in [-0.15, -0.1) is 0 Å². The molecule has 2 aromatic carbocycles. The molecule has 2 unspecified atom stereocenters. The highest BCUT2D eigenvalue weighted by molar-refractivity contribution is 6.09. The van der Waals surface area contributed by atoms with Crippen molar-refractivity contribution in [1.29, 1.82) is 0 Å². The van der Waals surface area contributed by atoms with Crippen LogP contribution < -0.4 is 11.2 Å². The van der Waals surface area contributed by atoms with Crippen molar-refractivity contribution in [1.82, 2.24) is 15.1 Å². The molecule has 3 rings (SSSR count). The second kappa shape index (κ2) is 9.51. The summed E-state index contributed by atoms with van der Waals surface area (Å²) in [4.78, 5) is 52.3. The van der Waals surface area contributed by atoms with Crippen molar-refractivity contribution >= 4 is 30.0 Å². The molecule has 1 fully saturated rings. The topological polar surface area (TPSA) is 145 Å². The van der Waals surface area contributed by atoms with Gasteiger partial charge in [-0.25, -0.2) is 4.79 Å². The molecular formula is C23H25N5O5. The number of hydrazone groups is 1. The van der Waals surface area contributed by atoms with Crippen LogP contribution in [0.25, 0.3) is 0 Å². The van der Waals surface area contributed by atoms with Gasteiger partial charge in [0.25, 0.3) is 5.91 Å². The highest BCUT2D eigenvalue weighted by Crippen LogP contribution is 2.36. The molecule has 4 N–H and O–H groups in total. The predicted octanol–water partition coefficient (Wildman–Crippen LogP) is 1.42. The number of amides is 4. The molecule has 1 aliphatic rings. The largest absolute Gasteiger partial charge is 0.481 e. The zero-order valence-electron chi connectivity index (χ0n) is 18.3. The number of carbonyl (C=O) groups is 4. The number of urea groups is 1. The van der Waals surface area contributed by atoms with Crippen LogP contribution in [0.4, 0.5) is 4.79 Å². The number of hydrogen-bond donors (Lipinski definition) is 3. The number of likely N-dealkylation sites (N-methyl/N-ethyl adjacent to an activating group) is 1. The van der Waals surface area contributed by atoms with Crippen LogP contribution in [0.2, 0.25) is 0 Å². The number of nitrogens with zero attached hydrogens (tertiary/aromatic N) is 3. The van der Waals surface area contributed by atoms with Gasteiger partial charge in [-0.1, -0.05) is 54.6 Å². The first-order chi connectivity index (χ1) is 15.7. The Morgan fingerprint density at radius 1 is 1.15 bits per heavy atom. The molecular weight excluding hydrogens is 426 g/mol. The summed E-state index contributed by atoms with van der Waals surface area (Å²) in [6, 6.07) is 14.0. The molecule has 0 radical (unpaired) electrons. The van der Waals surface area contributed by atoms with Gasteiger partial charge in [-0.3, -0.25) is 19.3 Å². The van der Waals surface area contributed by atoms with E-state index in [-0.39, 0.29) is 6.42 Å². The number of carboxylic acids is 1. The minimum atomic E-state index is -1.31. The lowest BCUT2D eigenvalue weighted by Gasteiger charge is -2.29. The number of carboxylic acid groups (broad SMARTS) is 1. The summed E-state index contributed by atoms with van der Waals surface area (Å²) in [7, 11) is 1.49. The summed E-state index contributed by atoms with van der Waals surface area (Å²) in [6.07, 6.45) is 1.11. The molecule has 10 nitrogen and oxygen atoms in total. The number of carbonyl (C=O) groups excluding carboxylic acids is 3. The molecule has 1 saturated heterocycles. The highest BCUT2D eigenvalue weighted by Gasteiger charge is 2.54. The van der Waals surface area contributed by atoms with E-state index in [2.05, 4.69) is 10.4 Å². The third-order valence-corrected chi connectivity index (χ3v) is 5.76. The lowest BCUT2D eigenvalue weighted by atomic mass is 9.90. The van der Waals surface area contributed by atoms with Crippen LogP contribution in [0, 0.1) is 0 Å². The van der Waals surface area contributed by atoms with E-state index in [1.165, 1.54) is 18.2 Å². The molecule has 0 saturated carbocycles. The minimum Gasteiger partial charge on any atom is -0.481 e. The molecule has 10 heteroatoms. The second-order valence-corrected chi connectivity index (χ2v) is 7.83. The zero-order chi connectivity index (χ0) is 24.2. The summed E-state index contributed by atoms with van der Waals surface area (Å²) >= 11 is 0. The van der Waals surface area contributed by atoms with Gasteiger partial charge in [0.05, 0.1) is 18.7 Å². The molecule has 2 atom stereocenters. The summed E-state index contributed by atoms with van der Waals surface area (Å²) < 4.78 is 0. The zero-order valence-corrected chi connectivity index (χ0v) is 18.3. The van der Waals surface area contributed by atoms with Gasteiger partial charge in [-0.05, 0) is 23.6 Å². The summed E-state index contributed by atoms with van der Waals surface area (Å²) in [5.74, 6) is 2.87. The van der Waals surface area contributed by atoms with E-state index in [1.807, 2.05) is 0 Å². The van der Waals surface area contributed by atoms with E-state index < -0.39 is 41.9 Å². The monoisotopic (exact) mass is 451 g/mol. The highest BCUT2D eigenvalue weighted by atomic mass is 16.4.